The summed E-state index contributed by atoms with van der Waals surface area (Å²) in [5, 5.41) is 0. The Balaban J connectivity index is 1.93. The highest BCUT2D eigenvalue weighted by molar-refractivity contribution is 4.96. The van der Waals surface area contributed by atoms with Crippen LogP contribution in [0.15, 0.2) is 0 Å². The number of rotatable bonds is 2. The van der Waals surface area contributed by atoms with Gasteiger partial charge in [0.15, 0.2) is 0 Å². The van der Waals surface area contributed by atoms with E-state index >= 15 is 0 Å². The number of hydrogen-bond acceptors (Lipinski definition) is 2. The van der Waals surface area contributed by atoms with Crippen LogP contribution in [0.3, 0.4) is 0 Å². The first-order chi connectivity index (χ1) is 7.60. The zero-order valence-electron chi connectivity index (χ0n) is 10.9. The maximum atomic E-state index is 6.68. The van der Waals surface area contributed by atoms with Gasteiger partial charge in [-0.3, -0.25) is 0 Å². The van der Waals surface area contributed by atoms with Gasteiger partial charge in [0.2, 0.25) is 0 Å². The molecule has 2 fully saturated rings. The van der Waals surface area contributed by atoms with Crippen LogP contribution in [0.4, 0.5) is 0 Å². The van der Waals surface area contributed by atoms with Crippen molar-refractivity contribution in [1.29, 1.82) is 0 Å². The lowest BCUT2D eigenvalue weighted by atomic mass is 9.66. The lowest BCUT2D eigenvalue weighted by Crippen LogP contribution is -2.51. The quantitative estimate of drug-likeness (QED) is 0.784. The average Bonchev–Trinajstić information content (AvgIpc) is 2.25. The Kier molecular flexibility index (Phi) is 3.91. The molecule has 2 N–H and O–H groups in total. The summed E-state index contributed by atoms with van der Waals surface area (Å²) in [6.07, 6.45) is 7.59. The molecule has 1 aliphatic carbocycles. The molecule has 94 valence electrons. The monoisotopic (exact) mass is 225 g/mol. The number of ether oxygens (including phenoxy) is 1. The average molecular weight is 225 g/mol. The molecule has 1 saturated heterocycles. The zero-order valence-corrected chi connectivity index (χ0v) is 10.9. The van der Waals surface area contributed by atoms with Gasteiger partial charge >= 0.3 is 0 Å². The van der Waals surface area contributed by atoms with Gasteiger partial charge in [0.05, 0.1) is 0 Å². The van der Waals surface area contributed by atoms with Crippen molar-refractivity contribution in [3.05, 3.63) is 0 Å². The van der Waals surface area contributed by atoms with Crippen molar-refractivity contribution in [3.63, 3.8) is 0 Å². The molecule has 0 amide bonds. The summed E-state index contributed by atoms with van der Waals surface area (Å²) in [7, 11) is 0. The molecule has 16 heavy (non-hydrogen) atoms. The largest absolute Gasteiger partial charge is 0.381 e. The Hall–Kier alpha value is -0.0800. The summed E-state index contributed by atoms with van der Waals surface area (Å²) in [5.41, 5.74) is 6.79. The standard InChI is InChI=1S/C14H27NO/c1-11-3-4-12(2)14(15,9-11)10-13-5-7-16-8-6-13/h11-13H,3-10,15H2,1-2H3. The molecule has 3 atom stereocenters. The van der Waals surface area contributed by atoms with E-state index in [0.29, 0.717) is 5.92 Å². The minimum Gasteiger partial charge on any atom is -0.381 e. The Morgan fingerprint density at radius 2 is 1.81 bits per heavy atom. The second-order valence-corrected chi connectivity index (χ2v) is 6.28. The molecule has 3 unspecified atom stereocenters. The van der Waals surface area contributed by atoms with Crippen LogP contribution in [-0.2, 0) is 4.74 Å². The van der Waals surface area contributed by atoms with E-state index in [9.17, 15) is 0 Å². The Morgan fingerprint density at radius 1 is 1.12 bits per heavy atom. The van der Waals surface area contributed by atoms with Crippen LogP contribution < -0.4 is 5.73 Å². The van der Waals surface area contributed by atoms with E-state index in [2.05, 4.69) is 13.8 Å². The Labute approximate surface area is 99.9 Å². The van der Waals surface area contributed by atoms with E-state index in [1.807, 2.05) is 0 Å². The van der Waals surface area contributed by atoms with Crippen molar-refractivity contribution < 1.29 is 4.74 Å². The van der Waals surface area contributed by atoms with E-state index in [1.54, 1.807) is 0 Å². The third-order valence-electron chi connectivity index (χ3n) is 4.81. The summed E-state index contributed by atoms with van der Waals surface area (Å²) >= 11 is 0. The van der Waals surface area contributed by atoms with Crippen molar-refractivity contribution in [2.45, 2.75) is 57.9 Å². The summed E-state index contributed by atoms with van der Waals surface area (Å²) in [4.78, 5) is 0. The molecule has 0 aromatic carbocycles. The van der Waals surface area contributed by atoms with Gasteiger partial charge in [0.1, 0.15) is 0 Å². The molecular weight excluding hydrogens is 198 g/mol. The highest BCUT2D eigenvalue weighted by atomic mass is 16.5. The fourth-order valence-corrected chi connectivity index (χ4v) is 3.55. The van der Waals surface area contributed by atoms with Gasteiger partial charge in [-0.15, -0.1) is 0 Å². The van der Waals surface area contributed by atoms with Crippen molar-refractivity contribution in [3.8, 4) is 0 Å². The van der Waals surface area contributed by atoms with Gasteiger partial charge in [0.25, 0.3) is 0 Å². The van der Waals surface area contributed by atoms with E-state index in [1.165, 1.54) is 38.5 Å². The first-order valence-corrected chi connectivity index (χ1v) is 6.97. The molecule has 0 spiro atoms. The van der Waals surface area contributed by atoms with Crippen LogP contribution >= 0.6 is 0 Å². The molecule has 2 nitrogen and oxygen atoms in total. The molecular formula is C14H27NO. The molecule has 0 radical (unpaired) electrons. The van der Waals surface area contributed by atoms with E-state index in [-0.39, 0.29) is 5.54 Å². The Bertz CT molecular complexity index is 225. The molecule has 2 heteroatoms. The Morgan fingerprint density at radius 3 is 2.50 bits per heavy atom. The third-order valence-corrected chi connectivity index (χ3v) is 4.81. The molecule has 0 aromatic heterocycles. The normalized spacial score (nSPS) is 42.2. The third kappa shape index (κ3) is 2.78. The lowest BCUT2D eigenvalue weighted by Gasteiger charge is -2.44. The van der Waals surface area contributed by atoms with E-state index in [0.717, 1.165) is 25.0 Å². The minimum atomic E-state index is 0.111. The molecule has 1 heterocycles. The van der Waals surface area contributed by atoms with Gasteiger partial charge < -0.3 is 10.5 Å². The lowest BCUT2D eigenvalue weighted by molar-refractivity contribution is 0.0413. The molecule has 0 aromatic rings. The van der Waals surface area contributed by atoms with Crippen molar-refractivity contribution >= 4 is 0 Å². The van der Waals surface area contributed by atoms with Gasteiger partial charge in [-0.1, -0.05) is 20.3 Å². The second-order valence-electron chi connectivity index (χ2n) is 6.28. The van der Waals surface area contributed by atoms with Gasteiger partial charge in [-0.05, 0) is 49.9 Å². The van der Waals surface area contributed by atoms with Crippen LogP contribution in [0, 0.1) is 17.8 Å². The number of nitrogens with two attached hydrogens (primary N) is 1. The highest BCUT2D eigenvalue weighted by Crippen LogP contribution is 2.40. The predicted molar refractivity (Wildman–Crippen MR) is 67.3 cm³/mol. The summed E-state index contributed by atoms with van der Waals surface area (Å²) < 4.78 is 5.43. The van der Waals surface area contributed by atoms with E-state index < -0.39 is 0 Å². The van der Waals surface area contributed by atoms with Crippen LogP contribution in [0.25, 0.3) is 0 Å². The van der Waals surface area contributed by atoms with Crippen LogP contribution in [0.1, 0.15) is 52.4 Å². The molecule has 1 saturated carbocycles. The van der Waals surface area contributed by atoms with Gasteiger partial charge in [-0.25, -0.2) is 0 Å². The van der Waals surface area contributed by atoms with Crippen molar-refractivity contribution in [2.24, 2.45) is 23.5 Å². The summed E-state index contributed by atoms with van der Waals surface area (Å²) in [6, 6.07) is 0. The second kappa shape index (κ2) is 5.05. The fraction of sp³-hybridized carbons (Fsp3) is 1.00. The van der Waals surface area contributed by atoms with Gasteiger partial charge in [-0.2, -0.15) is 0 Å². The maximum absolute atomic E-state index is 6.68. The smallest absolute Gasteiger partial charge is 0.0468 e. The molecule has 2 rings (SSSR count). The van der Waals surface area contributed by atoms with Crippen LogP contribution in [0.5, 0.6) is 0 Å². The maximum Gasteiger partial charge on any atom is 0.0468 e. The van der Waals surface area contributed by atoms with Crippen molar-refractivity contribution in [2.75, 3.05) is 13.2 Å². The summed E-state index contributed by atoms with van der Waals surface area (Å²) in [6.45, 7) is 6.61. The van der Waals surface area contributed by atoms with Crippen molar-refractivity contribution in [1.82, 2.24) is 0 Å². The van der Waals surface area contributed by atoms with E-state index in [4.69, 9.17) is 10.5 Å². The first-order valence-electron chi connectivity index (χ1n) is 6.97. The molecule has 1 aliphatic heterocycles. The number of hydrogen-bond donors (Lipinski definition) is 1. The van der Waals surface area contributed by atoms with Crippen LogP contribution in [0.2, 0.25) is 0 Å². The molecule has 0 bridgehead atoms. The fourth-order valence-electron chi connectivity index (χ4n) is 3.55. The first kappa shape index (κ1) is 12.4. The van der Waals surface area contributed by atoms with Gasteiger partial charge in [0, 0.05) is 18.8 Å². The SMILES string of the molecule is CC1CCC(C)C(N)(CC2CCOCC2)C1. The van der Waals surface area contributed by atoms with Crippen LogP contribution in [-0.4, -0.2) is 18.8 Å². The predicted octanol–water partition coefficient (Wildman–Crippen LogP) is 2.96. The topological polar surface area (TPSA) is 35.2 Å². The zero-order chi connectivity index (χ0) is 11.6. The molecule has 2 aliphatic rings. The summed E-state index contributed by atoms with van der Waals surface area (Å²) in [5.74, 6) is 2.33. The highest BCUT2D eigenvalue weighted by Gasteiger charge is 2.38. The minimum absolute atomic E-state index is 0.111.